The molecule has 0 unspecified atom stereocenters. The zero-order valence-electron chi connectivity index (χ0n) is 16.8. The number of rotatable bonds is 7. The van der Waals surface area contributed by atoms with E-state index in [1.807, 2.05) is 35.2 Å². The fourth-order valence-electron chi connectivity index (χ4n) is 3.46. The Kier molecular flexibility index (Phi) is 7.09. The molecule has 0 radical (unpaired) electrons. The van der Waals surface area contributed by atoms with Crippen molar-refractivity contribution in [2.45, 2.75) is 30.4 Å². The molecule has 2 aromatic rings. The van der Waals surface area contributed by atoms with Gasteiger partial charge in [-0.3, -0.25) is 4.79 Å². The number of sulfonamides is 1. The Morgan fingerprint density at radius 3 is 2.50 bits per heavy atom. The lowest BCUT2D eigenvalue weighted by atomic mass is 10.0. The number of ether oxygens (including phenoxy) is 1. The molecular formula is C21H27N3O5S. The van der Waals surface area contributed by atoms with Crippen LogP contribution < -0.4 is 15.4 Å². The number of nitrogens with zero attached hydrogens (tertiary/aromatic N) is 1. The third-order valence-electron chi connectivity index (χ3n) is 5.03. The molecule has 2 atom stereocenters. The van der Waals surface area contributed by atoms with Crippen LogP contribution in [0, 0.1) is 0 Å². The maximum atomic E-state index is 13.0. The molecule has 3 rings (SSSR count). The third-order valence-corrected chi connectivity index (χ3v) is 5.94. The van der Waals surface area contributed by atoms with Gasteiger partial charge in [0.15, 0.2) is 0 Å². The van der Waals surface area contributed by atoms with E-state index in [1.54, 1.807) is 13.0 Å². The summed E-state index contributed by atoms with van der Waals surface area (Å²) in [6, 6.07) is 13.2. The summed E-state index contributed by atoms with van der Waals surface area (Å²) in [6.07, 6.45) is -0.409. The van der Waals surface area contributed by atoms with Crippen molar-refractivity contribution in [3.8, 4) is 0 Å². The molecule has 0 aliphatic carbocycles. The van der Waals surface area contributed by atoms with Crippen molar-refractivity contribution in [1.82, 2.24) is 5.32 Å². The number of amides is 1. The van der Waals surface area contributed by atoms with Gasteiger partial charge >= 0.3 is 0 Å². The summed E-state index contributed by atoms with van der Waals surface area (Å²) >= 11 is 0. The number of hydrogen-bond donors (Lipinski definition) is 3. The van der Waals surface area contributed by atoms with Gasteiger partial charge in [-0.1, -0.05) is 30.3 Å². The van der Waals surface area contributed by atoms with Gasteiger partial charge in [0, 0.05) is 24.8 Å². The Bertz CT molecular complexity index is 975. The van der Waals surface area contributed by atoms with Gasteiger partial charge in [0.1, 0.15) is 0 Å². The zero-order valence-corrected chi connectivity index (χ0v) is 17.6. The second-order valence-electron chi connectivity index (χ2n) is 7.36. The number of carbonyl (C=O) groups is 1. The Balaban J connectivity index is 1.80. The van der Waals surface area contributed by atoms with E-state index >= 15 is 0 Å². The number of aliphatic hydroxyl groups is 1. The van der Waals surface area contributed by atoms with E-state index < -0.39 is 22.0 Å². The second kappa shape index (κ2) is 9.57. The number of anilines is 1. The van der Waals surface area contributed by atoms with Crippen LogP contribution in [0.1, 0.15) is 35.4 Å². The maximum Gasteiger partial charge on any atom is 0.253 e. The Morgan fingerprint density at radius 2 is 1.87 bits per heavy atom. The largest absolute Gasteiger partial charge is 0.388 e. The van der Waals surface area contributed by atoms with Gasteiger partial charge < -0.3 is 20.1 Å². The lowest BCUT2D eigenvalue weighted by Gasteiger charge is -2.30. The highest BCUT2D eigenvalue weighted by atomic mass is 32.2. The fraction of sp³-hybridized carbons (Fsp3) is 0.381. The lowest BCUT2D eigenvalue weighted by Crippen LogP contribution is -2.39. The van der Waals surface area contributed by atoms with Crippen LogP contribution >= 0.6 is 0 Å². The maximum absolute atomic E-state index is 13.0. The summed E-state index contributed by atoms with van der Waals surface area (Å²) in [5, 5.41) is 18.5. The van der Waals surface area contributed by atoms with Crippen LogP contribution in [0.2, 0.25) is 0 Å². The Hall–Kier alpha value is -2.46. The molecule has 9 heteroatoms. The van der Waals surface area contributed by atoms with Crippen molar-refractivity contribution in [2.24, 2.45) is 5.14 Å². The Labute approximate surface area is 176 Å². The molecule has 1 amide bonds. The predicted molar refractivity (Wildman–Crippen MR) is 114 cm³/mol. The van der Waals surface area contributed by atoms with E-state index in [-0.39, 0.29) is 16.5 Å². The minimum absolute atomic E-state index is 0.123. The van der Waals surface area contributed by atoms with E-state index in [2.05, 4.69) is 5.32 Å². The molecule has 1 saturated heterocycles. The van der Waals surface area contributed by atoms with Gasteiger partial charge in [-0.2, -0.15) is 0 Å². The monoisotopic (exact) mass is 433 g/mol. The van der Waals surface area contributed by atoms with Crippen LogP contribution in [-0.4, -0.2) is 51.8 Å². The van der Waals surface area contributed by atoms with Crippen LogP contribution in [0.4, 0.5) is 5.69 Å². The molecule has 1 heterocycles. The molecule has 0 aromatic heterocycles. The van der Waals surface area contributed by atoms with Crippen LogP contribution in [0.3, 0.4) is 0 Å². The van der Waals surface area contributed by atoms with E-state index in [0.717, 1.165) is 5.56 Å². The summed E-state index contributed by atoms with van der Waals surface area (Å²) in [5.41, 5.74) is 1.62. The minimum atomic E-state index is -3.95. The van der Waals surface area contributed by atoms with Crippen molar-refractivity contribution in [3.05, 3.63) is 59.7 Å². The standard InChI is InChI=1S/C21H27N3O5S/c1-15(13-20(25)16-5-3-2-4-6-16)23-21(26)18-14-17(30(22,27)28)7-8-19(18)24-9-11-29-12-10-24/h2-8,14-15,20,25H,9-13H2,1H3,(H,23,26)(H2,22,27,28)/t15-,20+/m0/s1. The molecule has 1 aliphatic heterocycles. The zero-order chi connectivity index (χ0) is 21.7. The number of nitrogens with two attached hydrogens (primary N) is 1. The first-order valence-electron chi connectivity index (χ1n) is 9.79. The number of nitrogens with one attached hydrogen (secondary N) is 1. The van der Waals surface area contributed by atoms with Crippen molar-refractivity contribution < 1.29 is 23.1 Å². The van der Waals surface area contributed by atoms with Crippen molar-refractivity contribution in [1.29, 1.82) is 0 Å². The van der Waals surface area contributed by atoms with E-state index in [1.165, 1.54) is 12.1 Å². The molecule has 162 valence electrons. The smallest absolute Gasteiger partial charge is 0.253 e. The number of hydrogen-bond acceptors (Lipinski definition) is 6. The van der Waals surface area contributed by atoms with Crippen molar-refractivity contribution >= 4 is 21.6 Å². The number of carbonyl (C=O) groups excluding carboxylic acids is 1. The molecule has 0 spiro atoms. The van der Waals surface area contributed by atoms with Gasteiger partial charge in [-0.15, -0.1) is 0 Å². The van der Waals surface area contributed by atoms with E-state index in [0.29, 0.717) is 38.4 Å². The molecule has 1 aliphatic rings. The minimum Gasteiger partial charge on any atom is -0.388 e. The normalized spacial score (nSPS) is 16.7. The summed E-state index contributed by atoms with van der Waals surface area (Å²) in [7, 11) is -3.95. The highest BCUT2D eigenvalue weighted by molar-refractivity contribution is 7.89. The molecular weight excluding hydrogens is 406 g/mol. The average Bonchev–Trinajstić information content (AvgIpc) is 2.73. The summed E-state index contributed by atoms with van der Waals surface area (Å²) in [4.78, 5) is 14.9. The topological polar surface area (TPSA) is 122 Å². The summed E-state index contributed by atoms with van der Waals surface area (Å²) in [6.45, 7) is 4.03. The molecule has 30 heavy (non-hydrogen) atoms. The SMILES string of the molecule is C[C@@H](C[C@@H](O)c1ccccc1)NC(=O)c1cc(S(N)(=O)=O)ccc1N1CCOCC1. The average molecular weight is 434 g/mol. The summed E-state index contributed by atoms with van der Waals surface area (Å²) in [5.74, 6) is -0.422. The highest BCUT2D eigenvalue weighted by Gasteiger charge is 2.23. The fourth-order valence-corrected chi connectivity index (χ4v) is 4.00. The van der Waals surface area contributed by atoms with Gasteiger partial charge in [0.2, 0.25) is 10.0 Å². The van der Waals surface area contributed by atoms with Crippen LogP contribution in [-0.2, 0) is 14.8 Å². The van der Waals surface area contributed by atoms with Crippen LogP contribution in [0.15, 0.2) is 53.4 Å². The first kappa shape index (κ1) is 22.2. The first-order valence-corrected chi connectivity index (χ1v) is 11.3. The van der Waals surface area contributed by atoms with Crippen molar-refractivity contribution in [2.75, 3.05) is 31.2 Å². The number of primary sulfonamides is 1. The molecule has 1 fully saturated rings. The van der Waals surface area contributed by atoms with Gasteiger partial charge in [-0.25, -0.2) is 13.6 Å². The number of aliphatic hydroxyl groups excluding tert-OH is 1. The second-order valence-corrected chi connectivity index (χ2v) is 8.92. The van der Waals surface area contributed by atoms with E-state index in [9.17, 15) is 18.3 Å². The lowest BCUT2D eigenvalue weighted by molar-refractivity contribution is 0.0915. The quantitative estimate of drug-likeness (QED) is 0.607. The van der Waals surface area contributed by atoms with Gasteiger partial charge in [-0.05, 0) is 37.1 Å². The van der Waals surface area contributed by atoms with E-state index in [4.69, 9.17) is 9.88 Å². The highest BCUT2D eigenvalue weighted by Crippen LogP contribution is 2.25. The first-order chi connectivity index (χ1) is 14.3. The van der Waals surface area contributed by atoms with Crippen LogP contribution in [0.5, 0.6) is 0 Å². The predicted octanol–water partition coefficient (Wildman–Crippen LogP) is 1.41. The number of morpholine rings is 1. The summed E-state index contributed by atoms with van der Waals surface area (Å²) < 4.78 is 29.0. The number of benzene rings is 2. The molecule has 8 nitrogen and oxygen atoms in total. The van der Waals surface area contributed by atoms with Crippen molar-refractivity contribution in [3.63, 3.8) is 0 Å². The Morgan fingerprint density at radius 1 is 1.20 bits per heavy atom. The van der Waals surface area contributed by atoms with Gasteiger partial charge in [0.25, 0.3) is 5.91 Å². The molecule has 0 bridgehead atoms. The third kappa shape index (κ3) is 5.57. The molecule has 2 aromatic carbocycles. The molecule has 0 saturated carbocycles. The van der Waals surface area contributed by atoms with Crippen LogP contribution in [0.25, 0.3) is 0 Å². The molecule has 4 N–H and O–H groups in total. The van der Waals surface area contributed by atoms with Gasteiger partial charge in [0.05, 0.1) is 29.8 Å².